The van der Waals surface area contributed by atoms with E-state index in [4.69, 9.17) is 4.74 Å². The Bertz CT molecular complexity index is 190. The molecule has 0 amide bonds. The number of nitrogens with zero attached hydrogens (tertiary/aromatic N) is 1. The number of hydrogen-bond acceptors (Lipinski definition) is 3. The fourth-order valence-electron chi connectivity index (χ4n) is 2.78. The van der Waals surface area contributed by atoms with Gasteiger partial charge in [0.1, 0.15) is 0 Å². The van der Waals surface area contributed by atoms with Crippen LogP contribution in [0.4, 0.5) is 0 Å². The van der Waals surface area contributed by atoms with E-state index in [-0.39, 0.29) is 0 Å². The monoisotopic (exact) mass is 198 g/mol. The van der Waals surface area contributed by atoms with E-state index in [0.717, 1.165) is 13.2 Å². The van der Waals surface area contributed by atoms with Crippen molar-refractivity contribution in [3.8, 4) is 0 Å². The zero-order valence-corrected chi connectivity index (χ0v) is 9.38. The normalized spacial score (nSPS) is 39.4. The molecular weight excluding hydrogens is 176 g/mol. The van der Waals surface area contributed by atoms with Crippen molar-refractivity contribution < 1.29 is 4.74 Å². The third-order valence-corrected chi connectivity index (χ3v) is 4.01. The highest BCUT2D eigenvalue weighted by molar-refractivity contribution is 4.97. The molecular formula is C11H22N2O. The van der Waals surface area contributed by atoms with Crippen LogP contribution in [-0.2, 0) is 4.74 Å². The first-order chi connectivity index (χ1) is 6.80. The Balaban J connectivity index is 1.99. The molecule has 2 heterocycles. The summed E-state index contributed by atoms with van der Waals surface area (Å²) >= 11 is 0. The van der Waals surface area contributed by atoms with Gasteiger partial charge in [-0.15, -0.1) is 0 Å². The van der Waals surface area contributed by atoms with Crippen molar-refractivity contribution in [2.24, 2.45) is 0 Å². The largest absolute Gasteiger partial charge is 0.379 e. The minimum absolute atomic E-state index is 0.367. The Kier molecular flexibility index (Phi) is 3.10. The lowest BCUT2D eigenvalue weighted by molar-refractivity contribution is 0.0811. The molecule has 0 saturated carbocycles. The van der Waals surface area contributed by atoms with Gasteiger partial charge in [-0.1, -0.05) is 6.92 Å². The SMILES string of the molecule is CCC1(N2CCC(NC)C2)CCOC1. The average molecular weight is 198 g/mol. The Morgan fingerprint density at radius 3 is 2.93 bits per heavy atom. The van der Waals surface area contributed by atoms with Crippen LogP contribution in [0.2, 0.25) is 0 Å². The molecule has 3 heteroatoms. The molecule has 1 N–H and O–H groups in total. The minimum atomic E-state index is 0.367. The van der Waals surface area contributed by atoms with Gasteiger partial charge in [-0.3, -0.25) is 4.90 Å². The first-order valence-corrected chi connectivity index (χ1v) is 5.81. The van der Waals surface area contributed by atoms with E-state index in [0.29, 0.717) is 11.6 Å². The molecule has 2 unspecified atom stereocenters. The third kappa shape index (κ3) is 1.69. The van der Waals surface area contributed by atoms with Gasteiger partial charge in [-0.25, -0.2) is 0 Å². The fraction of sp³-hybridized carbons (Fsp3) is 1.00. The smallest absolute Gasteiger partial charge is 0.0651 e. The highest BCUT2D eigenvalue weighted by atomic mass is 16.5. The maximum atomic E-state index is 5.57. The van der Waals surface area contributed by atoms with Crippen molar-refractivity contribution in [3.63, 3.8) is 0 Å². The van der Waals surface area contributed by atoms with Gasteiger partial charge in [0.15, 0.2) is 0 Å². The molecule has 0 aliphatic carbocycles. The lowest BCUT2D eigenvalue weighted by Gasteiger charge is -2.36. The molecule has 0 radical (unpaired) electrons. The fourth-order valence-corrected chi connectivity index (χ4v) is 2.78. The number of nitrogens with one attached hydrogen (secondary N) is 1. The minimum Gasteiger partial charge on any atom is -0.379 e. The van der Waals surface area contributed by atoms with Crippen molar-refractivity contribution in [1.82, 2.24) is 10.2 Å². The number of hydrogen-bond donors (Lipinski definition) is 1. The van der Waals surface area contributed by atoms with Gasteiger partial charge in [-0.05, 0) is 26.3 Å². The van der Waals surface area contributed by atoms with Gasteiger partial charge < -0.3 is 10.1 Å². The Hall–Kier alpha value is -0.120. The van der Waals surface area contributed by atoms with Gasteiger partial charge >= 0.3 is 0 Å². The second kappa shape index (κ2) is 4.17. The van der Waals surface area contributed by atoms with Gasteiger partial charge in [0.05, 0.1) is 6.61 Å². The summed E-state index contributed by atoms with van der Waals surface area (Å²) in [5.74, 6) is 0. The summed E-state index contributed by atoms with van der Waals surface area (Å²) in [5, 5.41) is 3.38. The van der Waals surface area contributed by atoms with Crippen LogP contribution in [0.3, 0.4) is 0 Å². The van der Waals surface area contributed by atoms with Crippen LogP contribution < -0.4 is 5.32 Å². The summed E-state index contributed by atoms with van der Waals surface area (Å²) in [5.41, 5.74) is 0.367. The molecule has 0 bridgehead atoms. The molecule has 0 aromatic carbocycles. The standard InChI is InChI=1S/C11H22N2O/c1-3-11(5-7-14-9-11)13-6-4-10(8-13)12-2/h10,12H,3-9H2,1-2H3. The van der Waals surface area contributed by atoms with Gasteiger partial charge in [0.25, 0.3) is 0 Å². The molecule has 0 aromatic rings. The van der Waals surface area contributed by atoms with E-state index in [1.165, 1.54) is 32.4 Å². The summed E-state index contributed by atoms with van der Waals surface area (Å²) in [7, 11) is 2.07. The topological polar surface area (TPSA) is 24.5 Å². The highest BCUT2D eigenvalue weighted by Gasteiger charge is 2.41. The molecule has 82 valence electrons. The van der Waals surface area contributed by atoms with Crippen LogP contribution in [0.25, 0.3) is 0 Å². The van der Waals surface area contributed by atoms with E-state index in [9.17, 15) is 0 Å². The van der Waals surface area contributed by atoms with Crippen molar-refractivity contribution >= 4 is 0 Å². The van der Waals surface area contributed by atoms with Crippen LogP contribution in [0.15, 0.2) is 0 Å². The molecule has 2 atom stereocenters. The molecule has 2 aliphatic rings. The molecule has 2 aliphatic heterocycles. The maximum absolute atomic E-state index is 5.57. The van der Waals surface area contributed by atoms with Crippen molar-refractivity contribution in [2.75, 3.05) is 33.4 Å². The first-order valence-electron chi connectivity index (χ1n) is 5.81. The van der Waals surface area contributed by atoms with Crippen LogP contribution in [0.5, 0.6) is 0 Å². The number of likely N-dealkylation sites (tertiary alicyclic amines) is 1. The molecule has 2 rings (SSSR count). The Morgan fingerprint density at radius 1 is 1.57 bits per heavy atom. The van der Waals surface area contributed by atoms with Crippen molar-refractivity contribution in [2.45, 2.75) is 37.8 Å². The molecule has 0 aromatic heterocycles. The van der Waals surface area contributed by atoms with E-state index in [1.807, 2.05) is 0 Å². The van der Waals surface area contributed by atoms with Gasteiger partial charge in [0.2, 0.25) is 0 Å². The van der Waals surface area contributed by atoms with Gasteiger partial charge in [-0.2, -0.15) is 0 Å². The van der Waals surface area contributed by atoms with Crippen LogP contribution in [0, 0.1) is 0 Å². The summed E-state index contributed by atoms with van der Waals surface area (Å²) in [6, 6.07) is 0.694. The molecule has 2 fully saturated rings. The summed E-state index contributed by atoms with van der Waals surface area (Å²) < 4.78 is 5.57. The number of rotatable bonds is 3. The second-order valence-electron chi connectivity index (χ2n) is 4.60. The molecule has 3 nitrogen and oxygen atoms in total. The zero-order chi connectivity index (χ0) is 10.0. The van der Waals surface area contributed by atoms with E-state index in [1.54, 1.807) is 0 Å². The Morgan fingerprint density at radius 2 is 2.43 bits per heavy atom. The number of likely N-dealkylation sites (N-methyl/N-ethyl adjacent to an activating group) is 1. The van der Waals surface area contributed by atoms with E-state index < -0.39 is 0 Å². The van der Waals surface area contributed by atoms with E-state index in [2.05, 4.69) is 24.2 Å². The second-order valence-corrected chi connectivity index (χ2v) is 4.60. The van der Waals surface area contributed by atoms with Crippen LogP contribution in [-0.4, -0.2) is 49.8 Å². The zero-order valence-electron chi connectivity index (χ0n) is 9.38. The average Bonchev–Trinajstić information content (AvgIpc) is 2.87. The lowest BCUT2D eigenvalue weighted by atomic mass is 9.93. The predicted molar refractivity (Wildman–Crippen MR) is 57.5 cm³/mol. The third-order valence-electron chi connectivity index (χ3n) is 4.01. The number of ether oxygens (including phenoxy) is 1. The predicted octanol–water partition coefficient (Wildman–Crippen LogP) is 0.849. The van der Waals surface area contributed by atoms with Crippen LogP contribution in [0.1, 0.15) is 26.2 Å². The molecule has 14 heavy (non-hydrogen) atoms. The summed E-state index contributed by atoms with van der Waals surface area (Å²) in [6.07, 6.45) is 3.74. The highest BCUT2D eigenvalue weighted by Crippen LogP contribution is 2.32. The quantitative estimate of drug-likeness (QED) is 0.727. The molecule has 2 saturated heterocycles. The van der Waals surface area contributed by atoms with Crippen molar-refractivity contribution in [1.29, 1.82) is 0 Å². The lowest BCUT2D eigenvalue weighted by Crippen LogP contribution is -2.48. The summed E-state index contributed by atoms with van der Waals surface area (Å²) in [4.78, 5) is 2.64. The van der Waals surface area contributed by atoms with Crippen LogP contribution >= 0.6 is 0 Å². The van der Waals surface area contributed by atoms with E-state index >= 15 is 0 Å². The Labute approximate surface area is 86.8 Å². The molecule has 0 spiro atoms. The summed E-state index contributed by atoms with van der Waals surface area (Å²) in [6.45, 7) is 6.63. The first kappa shape index (κ1) is 10.4. The van der Waals surface area contributed by atoms with Gasteiger partial charge in [0, 0.05) is 31.3 Å². The van der Waals surface area contributed by atoms with Crippen molar-refractivity contribution in [3.05, 3.63) is 0 Å². The maximum Gasteiger partial charge on any atom is 0.0651 e.